The first kappa shape index (κ1) is 16.7. The predicted molar refractivity (Wildman–Crippen MR) is 93.4 cm³/mol. The summed E-state index contributed by atoms with van der Waals surface area (Å²) in [7, 11) is 0. The number of hydrogen-bond acceptors (Lipinski definition) is 3. The molecule has 2 N–H and O–H groups in total. The fraction of sp³-hybridized carbons (Fsp3) is 0.400. The summed E-state index contributed by atoms with van der Waals surface area (Å²) in [5.74, 6) is -0.128. The second-order valence-corrected chi connectivity index (χ2v) is 6.78. The third kappa shape index (κ3) is 4.01. The second kappa shape index (κ2) is 7.14. The first-order valence-corrected chi connectivity index (χ1v) is 8.55. The molecule has 0 saturated heterocycles. The smallest absolute Gasteiger partial charge is 0.223 e. The molecule has 1 saturated carbocycles. The van der Waals surface area contributed by atoms with Crippen LogP contribution in [-0.4, -0.2) is 21.6 Å². The van der Waals surface area contributed by atoms with Gasteiger partial charge < -0.3 is 10.4 Å². The Morgan fingerprint density at radius 1 is 1.25 bits per heavy atom. The summed E-state index contributed by atoms with van der Waals surface area (Å²) in [5.41, 5.74) is 2.10. The number of hydrogen-bond donors (Lipinski definition) is 2. The highest BCUT2D eigenvalue weighted by atomic mass is 16.3. The molecule has 1 aliphatic rings. The summed E-state index contributed by atoms with van der Waals surface area (Å²) in [4.78, 5) is 17.0. The minimum absolute atomic E-state index is 0.128. The summed E-state index contributed by atoms with van der Waals surface area (Å²) in [6.45, 7) is 2.03. The molecular weight excluding hydrogens is 300 g/mol. The Morgan fingerprint density at radius 2 is 2.04 bits per heavy atom. The SMILES string of the molecule is Cc1cccc(C(NC(=O)CC2(O)CCCC2)c2ccccn2)c1. The monoisotopic (exact) mass is 324 g/mol. The van der Waals surface area contributed by atoms with Crippen molar-refractivity contribution < 1.29 is 9.90 Å². The van der Waals surface area contributed by atoms with Gasteiger partial charge >= 0.3 is 0 Å². The van der Waals surface area contributed by atoms with E-state index < -0.39 is 5.60 Å². The Hall–Kier alpha value is -2.20. The van der Waals surface area contributed by atoms with E-state index in [2.05, 4.69) is 16.4 Å². The first-order chi connectivity index (χ1) is 11.6. The van der Waals surface area contributed by atoms with Crippen molar-refractivity contribution in [2.24, 2.45) is 0 Å². The fourth-order valence-corrected chi connectivity index (χ4v) is 3.45. The second-order valence-electron chi connectivity index (χ2n) is 6.78. The van der Waals surface area contributed by atoms with Gasteiger partial charge in [0.15, 0.2) is 0 Å². The Kier molecular flexibility index (Phi) is 4.95. The molecule has 1 aliphatic carbocycles. The lowest BCUT2D eigenvalue weighted by atomic mass is 9.96. The Morgan fingerprint density at radius 3 is 2.71 bits per heavy atom. The highest BCUT2D eigenvalue weighted by molar-refractivity contribution is 5.78. The van der Waals surface area contributed by atoms with Crippen LogP contribution in [0.2, 0.25) is 0 Å². The van der Waals surface area contributed by atoms with Crippen LogP contribution in [0.3, 0.4) is 0 Å². The van der Waals surface area contributed by atoms with E-state index in [1.165, 1.54) is 0 Å². The zero-order valence-electron chi connectivity index (χ0n) is 14.0. The number of aliphatic hydroxyl groups is 1. The molecule has 126 valence electrons. The lowest BCUT2D eigenvalue weighted by Gasteiger charge is -2.24. The molecule has 0 aliphatic heterocycles. The molecule has 1 atom stereocenters. The minimum atomic E-state index is -0.842. The van der Waals surface area contributed by atoms with E-state index in [1.54, 1.807) is 6.20 Å². The van der Waals surface area contributed by atoms with Crippen molar-refractivity contribution in [3.05, 3.63) is 65.5 Å². The first-order valence-electron chi connectivity index (χ1n) is 8.55. The summed E-state index contributed by atoms with van der Waals surface area (Å²) in [6.07, 6.45) is 5.28. The molecule has 3 rings (SSSR count). The number of carbonyl (C=O) groups is 1. The third-order valence-electron chi connectivity index (χ3n) is 4.69. The van der Waals surface area contributed by atoms with Crippen molar-refractivity contribution in [3.8, 4) is 0 Å². The molecule has 1 aromatic carbocycles. The van der Waals surface area contributed by atoms with Gasteiger partial charge in [0, 0.05) is 6.20 Å². The highest BCUT2D eigenvalue weighted by Gasteiger charge is 2.34. The number of pyridine rings is 1. The van der Waals surface area contributed by atoms with Gasteiger partial charge in [0.2, 0.25) is 5.91 Å². The maximum Gasteiger partial charge on any atom is 0.223 e. The lowest BCUT2D eigenvalue weighted by molar-refractivity contribution is -0.126. The van der Waals surface area contributed by atoms with Gasteiger partial charge in [-0.2, -0.15) is 0 Å². The molecule has 1 fully saturated rings. The molecule has 1 unspecified atom stereocenters. The van der Waals surface area contributed by atoms with Crippen LogP contribution < -0.4 is 5.32 Å². The number of carbonyl (C=O) groups excluding carboxylic acids is 1. The van der Waals surface area contributed by atoms with Crippen LogP contribution in [0.4, 0.5) is 0 Å². The van der Waals surface area contributed by atoms with Crippen molar-refractivity contribution in [1.29, 1.82) is 0 Å². The quantitative estimate of drug-likeness (QED) is 0.887. The van der Waals surface area contributed by atoms with Crippen molar-refractivity contribution in [2.45, 2.75) is 50.7 Å². The van der Waals surface area contributed by atoms with Gasteiger partial charge in [-0.3, -0.25) is 9.78 Å². The third-order valence-corrected chi connectivity index (χ3v) is 4.69. The maximum atomic E-state index is 12.5. The molecule has 1 amide bonds. The average molecular weight is 324 g/mol. The van der Waals surface area contributed by atoms with Crippen LogP contribution in [0.15, 0.2) is 48.7 Å². The summed E-state index contributed by atoms with van der Waals surface area (Å²) in [6, 6.07) is 13.5. The van der Waals surface area contributed by atoms with Gasteiger partial charge in [-0.25, -0.2) is 0 Å². The molecule has 1 aromatic heterocycles. The molecule has 0 bridgehead atoms. The van der Waals surface area contributed by atoms with E-state index >= 15 is 0 Å². The zero-order chi connectivity index (χ0) is 17.0. The zero-order valence-corrected chi connectivity index (χ0v) is 14.0. The molecule has 2 aromatic rings. The van der Waals surface area contributed by atoms with Crippen LogP contribution in [0.5, 0.6) is 0 Å². The molecule has 4 heteroatoms. The van der Waals surface area contributed by atoms with E-state index in [0.717, 1.165) is 29.7 Å². The molecule has 0 radical (unpaired) electrons. The molecule has 1 heterocycles. The van der Waals surface area contributed by atoms with Crippen molar-refractivity contribution in [2.75, 3.05) is 0 Å². The molecule has 24 heavy (non-hydrogen) atoms. The summed E-state index contributed by atoms with van der Waals surface area (Å²) < 4.78 is 0. The molecular formula is C20H24N2O2. The molecule has 0 spiro atoms. The predicted octanol–water partition coefficient (Wildman–Crippen LogP) is 3.29. The van der Waals surface area contributed by atoms with Gasteiger partial charge in [-0.1, -0.05) is 48.7 Å². The lowest BCUT2D eigenvalue weighted by Crippen LogP contribution is -2.37. The average Bonchev–Trinajstić information content (AvgIpc) is 2.99. The summed E-state index contributed by atoms with van der Waals surface area (Å²) >= 11 is 0. The van der Waals surface area contributed by atoms with E-state index in [1.807, 2.05) is 43.3 Å². The van der Waals surface area contributed by atoms with E-state index in [0.29, 0.717) is 12.8 Å². The van der Waals surface area contributed by atoms with Crippen molar-refractivity contribution >= 4 is 5.91 Å². The Balaban J connectivity index is 1.81. The number of nitrogens with one attached hydrogen (secondary N) is 1. The Bertz CT molecular complexity index is 694. The van der Waals surface area contributed by atoms with Gasteiger partial charge in [0.1, 0.15) is 0 Å². The fourth-order valence-electron chi connectivity index (χ4n) is 3.45. The van der Waals surface area contributed by atoms with Crippen molar-refractivity contribution in [1.82, 2.24) is 10.3 Å². The maximum absolute atomic E-state index is 12.5. The number of nitrogens with zero attached hydrogens (tertiary/aromatic N) is 1. The van der Waals surface area contributed by atoms with Gasteiger partial charge in [-0.15, -0.1) is 0 Å². The van der Waals surface area contributed by atoms with Crippen LogP contribution in [0.25, 0.3) is 0 Å². The largest absolute Gasteiger partial charge is 0.389 e. The van der Waals surface area contributed by atoms with E-state index in [-0.39, 0.29) is 18.4 Å². The summed E-state index contributed by atoms with van der Waals surface area (Å²) in [5, 5.41) is 13.6. The number of rotatable bonds is 5. The number of amides is 1. The van der Waals surface area contributed by atoms with Gasteiger partial charge in [0.05, 0.1) is 23.8 Å². The van der Waals surface area contributed by atoms with Crippen LogP contribution >= 0.6 is 0 Å². The van der Waals surface area contributed by atoms with E-state index in [4.69, 9.17) is 0 Å². The van der Waals surface area contributed by atoms with E-state index in [9.17, 15) is 9.90 Å². The van der Waals surface area contributed by atoms with Gasteiger partial charge in [0.25, 0.3) is 0 Å². The minimum Gasteiger partial charge on any atom is -0.389 e. The normalized spacial score (nSPS) is 17.4. The topological polar surface area (TPSA) is 62.2 Å². The number of aromatic nitrogens is 1. The number of aryl methyl sites for hydroxylation is 1. The van der Waals surface area contributed by atoms with Gasteiger partial charge in [-0.05, 0) is 37.5 Å². The van der Waals surface area contributed by atoms with Crippen LogP contribution in [0, 0.1) is 6.92 Å². The van der Waals surface area contributed by atoms with Crippen LogP contribution in [-0.2, 0) is 4.79 Å². The van der Waals surface area contributed by atoms with Crippen molar-refractivity contribution in [3.63, 3.8) is 0 Å². The standard InChI is InChI=1S/C20H24N2O2/c1-15-7-6-8-16(13-15)19(17-9-2-5-12-21-17)22-18(23)14-20(24)10-3-4-11-20/h2,5-9,12-13,19,24H,3-4,10-11,14H2,1H3,(H,22,23). The van der Waals surface area contributed by atoms with Crippen LogP contribution in [0.1, 0.15) is 55.0 Å². The highest BCUT2D eigenvalue weighted by Crippen LogP contribution is 2.32. The molecule has 4 nitrogen and oxygen atoms in total. The number of benzene rings is 1. The Labute approximate surface area is 142 Å².